The molecule has 3 heterocycles. The first-order valence-corrected chi connectivity index (χ1v) is 10.8. The second kappa shape index (κ2) is 8.86. The molecular weight excluding hydrogens is 390 g/mol. The molecule has 0 radical (unpaired) electrons. The number of phenols is 1. The highest BCUT2D eigenvalue weighted by molar-refractivity contribution is 6.30. The standard InChI is InChI=1S/C16H16ClN3O2.C6H12O/c1-18-16-11-7-9-3-5-13(22-9)14(11)15(19-20-16)10-4-2-8(17)6-12(10)21;7-6-4-2-1-3-5-6/h2,4,6,9,13,21H,3,5,7H2,1H3,(H,18,20);6-7H,1-5H2. The summed E-state index contributed by atoms with van der Waals surface area (Å²) in [6.07, 6.45) is 9.08. The van der Waals surface area contributed by atoms with Gasteiger partial charge in [0.15, 0.2) is 5.82 Å². The lowest BCUT2D eigenvalue weighted by molar-refractivity contribution is 0.0325. The third-order valence-corrected chi connectivity index (χ3v) is 6.24. The van der Waals surface area contributed by atoms with Crippen LogP contribution in [0.3, 0.4) is 0 Å². The highest BCUT2D eigenvalue weighted by Gasteiger charge is 2.38. The molecule has 0 spiro atoms. The summed E-state index contributed by atoms with van der Waals surface area (Å²) in [7, 11) is 1.85. The van der Waals surface area contributed by atoms with Crippen LogP contribution in [0.15, 0.2) is 18.2 Å². The van der Waals surface area contributed by atoms with Crippen molar-refractivity contribution in [1.82, 2.24) is 10.2 Å². The fourth-order valence-electron chi connectivity index (χ4n) is 4.52. The van der Waals surface area contributed by atoms with Crippen LogP contribution in [0.25, 0.3) is 11.3 Å². The molecule has 2 aromatic rings. The molecule has 2 unspecified atom stereocenters. The van der Waals surface area contributed by atoms with E-state index >= 15 is 0 Å². The van der Waals surface area contributed by atoms with E-state index in [0.717, 1.165) is 49.0 Å². The van der Waals surface area contributed by atoms with Gasteiger partial charge >= 0.3 is 0 Å². The van der Waals surface area contributed by atoms with Crippen molar-refractivity contribution in [3.8, 4) is 17.0 Å². The van der Waals surface area contributed by atoms with Gasteiger partial charge in [-0.15, -0.1) is 10.2 Å². The molecule has 156 valence electrons. The van der Waals surface area contributed by atoms with Crippen LogP contribution in [0.4, 0.5) is 5.82 Å². The molecule has 1 saturated carbocycles. The monoisotopic (exact) mass is 417 g/mol. The Hall–Kier alpha value is -1.89. The minimum Gasteiger partial charge on any atom is -0.507 e. The summed E-state index contributed by atoms with van der Waals surface area (Å²) in [5.41, 5.74) is 3.53. The minimum atomic E-state index is 0.0291. The largest absolute Gasteiger partial charge is 0.507 e. The van der Waals surface area contributed by atoms with E-state index in [1.54, 1.807) is 12.1 Å². The number of nitrogens with zero attached hydrogens (tertiary/aromatic N) is 2. The molecule has 1 aromatic heterocycles. The van der Waals surface area contributed by atoms with E-state index in [2.05, 4.69) is 15.5 Å². The number of hydrogen-bond acceptors (Lipinski definition) is 6. The van der Waals surface area contributed by atoms with Crippen LogP contribution in [0, 0.1) is 0 Å². The van der Waals surface area contributed by atoms with E-state index in [4.69, 9.17) is 21.4 Å². The zero-order chi connectivity index (χ0) is 20.4. The Kier molecular flexibility index (Phi) is 6.23. The van der Waals surface area contributed by atoms with Crippen molar-refractivity contribution in [2.75, 3.05) is 12.4 Å². The summed E-state index contributed by atoms with van der Waals surface area (Å²) >= 11 is 5.93. The Bertz CT molecular complexity index is 871. The Morgan fingerprint density at radius 2 is 1.90 bits per heavy atom. The molecule has 2 bridgehead atoms. The van der Waals surface area contributed by atoms with E-state index < -0.39 is 0 Å². The Morgan fingerprint density at radius 1 is 1.10 bits per heavy atom. The smallest absolute Gasteiger partial charge is 0.152 e. The first kappa shape index (κ1) is 20.4. The van der Waals surface area contributed by atoms with E-state index in [0.29, 0.717) is 16.3 Å². The number of aromatic nitrogens is 2. The molecule has 3 N–H and O–H groups in total. The lowest BCUT2D eigenvalue weighted by atomic mass is 9.94. The third-order valence-electron chi connectivity index (χ3n) is 6.00. The Labute approximate surface area is 176 Å². The summed E-state index contributed by atoms with van der Waals surface area (Å²) in [4.78, 5) is 0. The average molecular weight is 418 g/mol. The minimum absolute atomic E-state index is 0.0291. The number of aliphatic hydroxyl groups excluding tert-OH is 1. The van der Waals surface area contributed by atoms with Gasteiger partial charge in [-0.2, -0.15) is 0 Å². The SMILES string of the molecule is CNc1nnc(-c2ccc(Cl)cc2O)c2c1CC1CCC2O1.OC1CCCCC1. The molecule has 29 heavy (non-hydrogen) atoms. The summed E-state index contributed by atoms with van der Waals surface area (Å²) in [6.45, 7) is 0. The first-order chi connectivity index (χ1) is 14.1. The number of aromatic hydroxyl groups is 1. The molecule has 2 fully saturated rings. The summed E-state index contributed by atoms with van der Waals surface area (Å²) in [5.74, 6) is 0.911. The fourth-order valence-corrected chi connectivity index (χ4v) is 4.69. The van der Waals surface area contributed by atoms with Crippen LogP contribution in [-0.2, 0) is 11.2 Å². The van der Waals surface area contributed by atoms with Crippen LogP contribution in [0.1, 0.15) is 62.2 Å². The molecule has 2 aliphatic heterocycles. The van der Waals surface area contributed by atoms with E-state index in [-0.39, 0.29) is 24.1 Å². The number of fused-ring (bicyclic) bond motifs is 4. The molecule has 7 heteroatoms. The van der Waals surface area contributed by atoms with Crippen LogP contribution >= 0.6 is 11.6 Å². The summed E-state index contributed by atoms with van der Waals surface area (Å²) in [5, 5.41) is 31.4. The van der Waals surface area contributed by atoms with Gasteiger partial charge in [-0.25, -0.2) is 0 Å². The quantitative estimate of drug-likeness (QED) is 0.660. The van der Waals surface area contributed by atoms with Crippen molar-refractivity contribution in [1.29, 1.82) is 0 Å². The van der Waals surface area contributed by atoms with E-state index in [9.17, 15) is 5.11 Å². The molecule has 6 nitrogen and oxygen atoms in total. The molecule has 3 aliphatic rings. The zero-order valence-electron chi connectivity index (χ0n) is 16.7. The van der Waals surface area contributed by atoms with E-state index in [1.165, 1.54) is 25.3 Å². The number of rotatable bonds is 2. The summed E-state index contributed by atoms with van der Waals surface area (Å²) < 4.78 is 6.05. The van der Waals surface area contributed by atoms with Crippen molar-refractivity contribution in [2.24, 2.45) is 0 Å². The van der Waals surface area contributed by atoms with Gasteiger partial charge in [0.1, 0.15) is 11.4 Å². The summed E-state index contributed by atoms with van der Waals surface area (Å²) in [6, 6.07) is 5.05. The second-order valence-electron chi connectivity index (χ2n) is 8.02. The highest BCUT2D eigenvalue weighted by Crippen LogP contribution is 2.47. The van der Waals surface area contributed by atoms with Crippen molar-refractivity contribution < 1.29 is 14.9 Å². The predicted octanol–water partition coefficient (Wildman–Crippen LogP) is 4.63. The zero-order valence-corrected chi connectivity index (χ0v) is 17.5. The number of phenolic OH excluding ortho intramolecular Hbond substituents is 1. The molecule has 1 saturated heterocycles. The predicted molar refractivity (Wildman–Crippen MR) is 113 cm³/mol. The van der Waals surface area contributed by atoms with E-state index in [1.807, 2.05) is 7.05 Å². The van der Waals surface area contributed by atoms with Crippen LogP contribution < -0.4 is 5.32 Å². The number of aliphatic hydroxyl groups is 1. The number of hydrogen-bond donors (Lipinski definition) is 3. The molecule has 5 rings (SSSR count). The maximum atomic E-state index is 10.2. The average Bonchev–Trinajstić information content (AvgIpc) is 3.10. The first-order valence-electron chi connectivity index (χ1n) is 10.5. The highest BCUT2D eigenvalue weighted by atomic mass is 35.5. The lowest BCUT2D eigenvalue weighted by Gasteiger charge is -2.27. The number of ether oxygens (including phenoxy) is 1. The molecule has 2 atom stereocenters. The van der Waals surface area contributed by atoms with Crippen molar-refractivity contribution in [3.63, 3.8) is 0 Å². The second-order valence-corrected chi connectivity index (χ2v) is 8.46. The molecular formula is C22H28ClN3O3. The number of anilines is 1. The van der Waals surface area contributed by atoms with Crippen molar-refractivity contribution in [2.45, 2.75) is 69.7 Å². The van der Waals surface area contributed by atoms with Crippen molar-refractivity contribution in [3.05, 3.63) is 34.3 Å². The van der Waals surface area contributed by atoms with Gasteiger partial charge in [0.2, 0.25) is 0 Å². The number of halogens is 1. The van der Waals surface area contributed by atoms with Gasteiger partial charge in [-0.1, -0.05) is 30.9 Å². The number of nitrogens with one attached hydrogen (secondary N) is 1. The Morgan fingerprint density at radius 3 is 2.55 bits per heavy atom. The molecule has 0 amide bonds. The maximum absolute atomic E-state index is 10.2. The maximum Gasteiger partial charge on any atom is 0.152 e. The molecule has 1 aliphatic carbocycles. The van der Waals surface area contributed by atoms with Gasteiger partial charge in [-0.05, 0) is 43.9 Å². The van der Waals surface area contributed by atoms with Gasteiger partial charge in [0.05, 0.1) is 18.3 Å². The number of benzene rings is 1. The van der Waals surface area contributed by atoms with Crippen LogP contribution in [-0.4, -0.2) is 39.7 Å². The van der Waals surface area contributed by atoms with Crippen LogP contribution in [0.2, 0.25) is 5.02 Å². The van der Waals surface area contributed by atoms with Gasteiger partial charge in [0, 0.05) is 35.2 Å². The van der Waals surface area contributed by atoms with Gasteiger partial charge in [0.25, 0.3) is 0 Å². The topological polar surface area (TPSA) is 87.5 Å². The van der Waals surface area contributed by atoms with Crippen LogP contribution in [0.5, 0.6) is 5.75 Å². The fraction of sp³-hybridized carbons (Fsp3) is 0.545. The normalized spacial score (nSPS) is 23.1. The third kappa shape index (κ3) is 4.34. The molecule has 1 aromatic carbocycles. The lowest BCUT2D eigenvalue weighted by Crippen LogP contribution is -2.21. The van der Waals surface area contributed by atoms with Crippen molar-refractivity contribution >= 4 is 17.4 Å². The Balaban J connectivity index is 0.000000249. The van der Waals surface area contributed by atoms with Gasteiger partial charge in [-0.3, -0.25) is 0 Å². The van der Waals surface area contributed by atoms with Gasteiger partial charge < -0.3 is 20.3 Å².